The molecule has 1 heterocycles. The molecule has 1 aliphatic heterocycles. The second-order valence-corrected chi connectivity index (χ2v) is 6.34. The lowest BCUT2D eigenvalue weighted by Crippen LogP contribution is -2.49. The number of rotatable bonds is 3. The van der Waals surface area contributed by atoms with Crippen LogP contribution in [-0.4, -0.2) is 50.2 Å². The number of carbonyl (C=O) groups is 1. The number of likely N-dealkylation sites (tertiary alicyclic amines) is 1. The summed E-state index contributed by atoms with van der Waals surface area (Å²) in [5.41, 5.74) is 1.19. The van der Waals surface area contributed by atoms with E-state index in [0.717, 1.165) is 23.3 Å². The van der Waals surface area contributed by atoms with Gasteiger partial charge in [-0.05, 0) is 30.5 Å². The van der Waals surface area contributed by atoms with Crippen molar-refractivity contribution in [1.29, 1.82) is 0 Å². The van der Waals surface area contributed by atoms with Gasteiger partial charge >= 0.3 is 6.09 Å². The largest absolute Gasteiger partial charge is 0.453 e. The van der Waals surface area contributed by atoms with Crippen LogP contribution in [0.2, 0.25) is 0 Å². The first-order valence-corrected chi connectivity index (χ1v) is 8.46. The van der Waals surface area contributed by atoms with Crippen molar-refractivity contribution in [2.24, 2.45) is 4.99 Å². The Balaban J connectivity index is 0.00000288. The van der Waals surface area contributed by atoms with E-state index < -0.39 is 0 Å². The van der Waals surface area contributed by atoms with Crippen molar-refractivity contribution in [3.05, 3.63) is 34.3 Å². The van der Waals surface area contributed by atoms with Gasteiger partial charge in [-0.15, -0.1) is 24.0 Å². The number of methoxy groups -OCH3 is 1. The molecule has 6 nitrogen and oxygen atoms in total. The maximum absolute atomic E-state index is 11.5. The molecule has 0 saturated carbocycles. The number of carbonyl (C=O) groups excluding carboxylic acids is 1. The molecule has 2 N–H and O–H groups in total. The molecule has 0 aliphatic carbocycles. The van der Waals surface area contributed by atoms with Crippen molar-refractivity contribution in [2.45, 2.75) is 25.4 Å². The molecule has 1 aromatic carbocycles. The van der Waals surface area contributed by atoms with Crippen LogP contribution in [0.3, 0.4) is 0 Å². The van der Waals surface area contributed by atoms with Gasteiger partial charge in [0.15, 0.2) is 5.96 Å². The Hall–Kier alpha value is -1.03. The van der Waals surface area contributed by atoms with Crippen molar-refractivity contribution < 1.29 is 9.53 Å². The van der Waals surface area contributed by atoms with Gasteiger partial charge in [0.25, 0.3) is 0 Å². The number of amides is 1. The van der Waals surface area contributed by atoms with E-state index in [1.54, 1.807) is 11.9 Å². The molecule has 2 rings (SSSR count). The Morgan fingerprint density at radius 1 is 1.33 bits per heavy atom. The molecule has 8 heteroatoms. The van der Waals surface area contributed by atoms with Crippen LogP contribution in [-0.2, 0) is 11.3 Å². The predicted molar refractivity (Wildman–Crippen MR) is 110 cm³/mol. The lowest BCUT2D eigenvalue weighted by atomic mass is 10.1. The summed E-state index contributed by atoms with van der Waals surface area (Å²) < 4.78 is 5.82. The normalized spacial score (nSPS) is 15.5. The van der Waals surface area contributed by atoms with E-state index in [1.807, 2.05) is 12.1 Å². The highest BCUT2D eigenvalue weighted by Crippen LogP contribution is 2.12. The molecule has 0 bridgehead atoms. The summed E-state index contributed by atoms with van der Waals surface area (Å²) in [5, 5.41) is 6.73. The molecule has 24 heavy (non-hydrogen) atoms. The van der Waals surface area contributed by atoms with E-state index in [9.17, 15) is 4.79 Å². The highest BCUT2D eigenvalue weighted by atomic mass is 127. The number of aliphatic imine (C=N–C) groups is 1. The quantitative estimate of drug-likeness (QED) is 0.373. The molecule has 0 atom stereocenters. The average Bonchev–Trinajstić information content (AvgIpc) is 2.59. The van der Waals surface area contributed by atoms with E-state index in [0.29, 0.717) is 25.7 Å². The molecule has 0 radical (unpaired) electrons. The number of guanidine groups is 1. The van der Waals surface area contributed by atoms with Crippen molar-refractivity contribution in [3.63, 3.8) is 0 Å². The van der Waals surface area contributed by atoms with Gasteiger partial charge in [0.2, 0.25) is 0 Å². The van der Waals surface area contributed by atoms with Crippen molar-refractivity contribution in [1.82, 2.24) is 15.5 Å². The van der Waals surface area contributed by atoms with Gasteiger partial charge in [-0.25, -0.2) is 4.79 Å². The van der Waals surface area contributed by atoms with Crippen LogP contribution in [0.15, 0.2) is 33.7 Å². The third-order valence-electron chi connectivity index (χ3n) is 3.87. The monoisotopic (exact) mass is 510 g/mol. The van der Waals surface area contributed by atoms with E-state index in [1.165, 1.54) is 12.7 Å². The minimum absolute atomic E-state index is 0. The maximum atomic E-state index is 11.5. The Kier molecular flexibility index (Phi) is 9.42. The van der Waals surface area contributed by atoms with Gasteiger partial charge in [-0.3, -0.25) is 4.99 Å². The zero-order valence-electron chi connectivity index (χ0n) is 13.9. The van der Waals surface area contributed by atoms with Gasteiger partial charge in [0.1, 0.15) is 0 Å². The molecule has 0 spiro atoms. The molecule has 1 aromatic rings. The second-order valence-electron chi connectivity index (χ2n) is 5.43. The van der Waals surface area contributed by atoms with Crippen LogP contribution >= 0.6 is 39.9 Å². The van der Waals surface area contributed by atoms with E-state index in [4.69, 9.17) is 4.74 Å². The molecule has 0 aromatic heterocycles. The van der Waals surface area contributed by atoms with Crippen molar-refractivity contribution in [3.8, 4) is 0 Å². The fourth-order valence-electron chi connectivity index (χ4n) is 2.51. The number of piperidine rings is 1. The number of ether oxygens (including phenoxy) is 1. The lowest BCUT2D eigenvalue weighted by Gasteiger charge is -2.32. The van der Waals surface area contributed by atoms with E-state index >= 15 is 0 Å². The zero-order valence-corrected chi connectivity index (χ0v) is 17.8. The van der Waals surface area contributed by atoms with Gasteiger partial charge in [0.05, 0.1) is 7.11 Å². The first-order valence-electron chi connectivity index (χ1n) is 7.67. The van der Waals surface area contributed by atoms with Crippen LogP contribution in [0.1, 0.15) is 18.4 Å². The second kappa shape index (κ2) is 10.8. The number of nitrogens with zero attached hydrogens (tertiary/aromatic N) is 2. The van der Waals surface area contributed by atoms with Crippen LogP contribution in [0.25, 0.3) is 0 Å². The first kappa shape index (κ1) is 21.0. The SMILES string of the molecule is CN=C(NCc1ccc(Br)cc1)NC1CCN(C(=O)OC)CC1.I. The summed E-state index contributed by atoms with van der Waals surface area (Å²) in [6, 6.07) is 8.50. The molecular weight excluding hydrogens is 487 g/mol. The number of benzene rings is 1. The zero-order chi connectivity index (χ0) is 16.7. The Bertz CT molecular complexity index is 546. The van der Waals surface area contributed by atoms with Crippen molar-refractivity contribution >= 4 is 52.0 Å². The molecule has 1 aliphatic rings. The predicted octanol–water partition coefficient (Wildman–Crippen LogP) is 2.96. The summed E-state index contributed by atoms with van der Waals surface area (Å²) in [6.07, 6.45) is 1.52. The minimum Gasteiger partial charge on any atom is -0.453 e. The summed E-state index contributed by atoms with van der Waals surface area (Å²) in [5.74, 6) is 0.782. The Morgan fingerprint density at radius 2 is 1.96 bits per heavy atom. The average molecular weight is 511 g/mol. The highest BCUT2D eigenvalue weighted by Gasteiger charge is 2.23. The Labute approximate surface area is 168 Å². The number of halogens is 2. The number of hydrogen-bond donors (Lipinski definition) is 2. The maximum Gasteiger partial charge on any atom is 0.409 e. The lowest BCUT2D eigenvalue weighted by molar-refractivity contribution is 0.111. The summed E-state index contributed by atoms with van der Waals surface area (Å²) in [4.78, 5) is 17.5. The van der Waals surface area contributed by atoms with E-state index in [-0.39, 0.29) is 30.1 Å². The van der Waals surface area contributed by atoms with Gasteiger partial charge in [-0.1, -0.05) is 28.1 Å². The fourth-order valence-corrected chi connectivity index (χ4v) is 2.78. The molecule has 0 unspecified atom stereocenters. The smallest absolute Gasteiger partial charge is 0.409 e. The number of hydrogen-bond acceptors (Lipinski definition) is 3. The summed E-state index contributed by atoms with van der Waals surface area (Å²) in [7, 11) is 3.18. The third-order valence-corrected chi connectivity index (χ3v) is 4.39. The molecular formula is C16H24BrIN4O2. The molecule has 1 fully saturated rings. The summed E-state index contributed by atoms with van der Waals surface area (Å²) >= 11 is 3.43. The minimum atomic E-state index is -0.249. The van der Waals surface area contributed by atoms with Crippen LogP contribution in [0.5, 0.6) is 0 Å². The first-order chi connectivity index (χ1) is 11.1. The topological polar surface area (TPSA) is 66.0 Å². The van der Waals surface area contributed by atoms with Gasteiger partial charge in [-0.2, -0.15) is 0 Å². The fraction of sp³-hybridized carbons (Fsp3) is 0.500. The van der Waals surface area contributed by atoms with Gasteiger partial charge < -0.3 is 20.3 Å². The highest BCUT2D eigenvalue weighted by molar-refractivity contribution is 14.0. The third kappa shape index (κ3) is 6.46. The van der Waals surface area contributed by atoms with Crippen LogP contribution in [0.4, 0.5) is 4.79 Å². The number of nitrogens with one attached hydrogen (secondary N) is 2. The molecule has 1 amide bonds. The molecule has 1 saturated heterocycles. The van der Waals surface area contributed by atoms with Crippen LogP contribution in [0, 0.1) is 0 Å². The van der Waals surface area contributed by atoms with E-state index in [2.05, 4.69) is 43.7 Å². The van der Waals surface area contributed by atoms with Crippen molar-refractivity contribution in [2.75, 3.05) is 27.2 Å². The van der Waals surface area contributed by atoms with Crippen LogP contribution < -0.4 is 10.6 Å². The Morgan fingerprint density at radius 3 is 2.50 bits per heavy atom. The summed E-state index contributed by atoms with van der Waals surface area (Å²) in [6.45, 7) is 2.12. The molecule has 134 valence electrons. The van der Waals surface area contributed by atoms with Gasteiger partial charge in [0, 0.05) is 37.2 Å². The standard InChI is InChI=1S/C16H23BrN4O2.HI/c1-18-15(19-11-12-3-5-13(17)6-4-12)20-14-7-9-21(10-8-14)16(22)23-2;/h3-6,14H,7-11H2,1-2H3,(H2,18,19,20);1H.